The number of amides is 1. The fourth-order valence-corrected chi connectivity index (χ4v) is 1.87. The zero-order valence-corrected chi connectivity index (χ0v) is 12.6. The van der Waals surface area contributed by atoms with Gasteiger partial charge in [0.2, 0.25) is 5.91 Å². The topological polar surface area (TPSA) is 108 Å². The van der Waals surface area contributed by atoms with Crippen molar-refractivity contribution in [2.24, 2.45) is 5.73 Å². The van der Waals surface area contributed by atoms with Crippen molar-refractivity contribution in [3.63, 3.8) is 0 Å². The van der Waals surface area contributed by atoms with E-state index in [1.165, 1.54) is 14.2 Å². The van der Waals surface area contributed by atoms with E-state index in [0.29, 0.717) is 0 Å². The smallest absolute Gasteiger partial charge is 0.328 e. The summed E-state index contributed by atoms with van der Waals surface area (Å²) in [4.78, 5) is 34.9. The quantitative estimate of drug-likeness (QED) is 0.674. The van der Waals surface area contributed by atoms with Crippen LogP contribution in [-0.2, 0) is 30.3 Å². The normalized spacial score (nSPS) is 12.9. The van der Waals surface area contributed by atoms with Crippen molar-refractivity contribution in [3.05, 3.63) is 35.9 Å². The maximum atomic E-state index is 11.9. The second kappa shape index (κ2) is 8.78. The maximum absolute atomic E-state index is 11.9. The van der Waals surface area contributed by atoms with Crippen LogP contribution in [0.25, 0.3) is 0 Å². The number of ether oxygens (including phenoxy) is 2. The van der Waals surface area contributed by atoms with Crippen LogP contribution in [0.2, 0.25) is 0 Å². The molecule has 0 heterocycles. The van der Waals surface area contributed by atoms with Gasteiger partial charge in [0, 0.05) is 6.42 Å². The molecule has 0 spiro atoms. The Morgan fingerprint density at radius 3 is 2.23 bits per heavy atom. The fraction of sp³-hybridized carbons (Fsp3) is 0.400. The van der Waals surface area contributed by atoms with Gasteiger partial charge in [0.1, 0.15) is 12.1 Å². The van der Waals surface area contributed by atoms with E-state index >= 15 is 0 Å². The molecule has 2 atom stereocenters. The number of nitrogens with one attached hydrogen (secondary N) is 1. The first kappa shape index (κ1) is 17.6. The third-order valence-electron chi connectivity index (χ3n) is 3.01. The Balaban J connectivity index is 2.67. The first-order chi connectivity index (χ1) is 10.5. The van der Waals surface area contributed by atoms with Crippen molar-refractivity contribution in [1.82, 2.24) is 5.32 Å². The van der Waals surface area contributed by atoms with Crippen LogP contribution in [0, 0.1) is 0 Å². The van der Waals surface area contributed by atoms with Crippen molar-refractivity contribution < 1.29 is 23.9 Å². The summed E-state index contributed by atoms with van der Waals surface area (Å²) in [5, 5.41) is 2.52. The van der Waals surface area contributed by atoms with Gasteiger partial charge in [0.25, 0.3) is 0 Å². The molecule has 0 saturated heterocycles. The van der Waals surface area contributed by atoms with E-state index < -0.39 is 29.9 Å². The van der Waals surface area contributed by atoms with E-state index in [9.17, 15) is 14.4 Å². The number of methoxy groups -OCH3 is 2. The number of hydrogen-bond acceptors (Lipinski definition) is 6. The third-order valence-corrected chi connectivity index (χ3v) is 3.01. The van der Waals surface area contributed by atoms with Crippen LogP contribution in [0.4, 0.5) is 0 Å². The molecule has 0 aliphatic rings. The molecule has 7 heteroatoms. The highest BCUT2D eigenvalue weighted by Gasteiger charge is 2.24. The molecule has 0 bridgehead atoms. The van der Waals surface area contributed by atoms with Crippen LogP contribution in [0.1, 0.15) is 12.0 Å². The molecular weight excluding hydrogens is 288 g/mol. The van der Waals surface area contributed by atoms with Crippen LogP contribution in [0.3, 0.4) is 0 Å². The number of carbonyl (C=O) groups is 3. The molecule has 7 nitrogen and oxygen atoms in total. The predicted molar refractivity (Wildman–Crippen MR) is 78.7 cm³/mol. The highest BCUT2D eigenvalue weighted by molar-refractivity contribution is 5.88. The number of nitrogens with two attached hydrogens (primary N) is 1. The molecule has 0 aliphatic heterocycles. The first-order valence-corrected chi connectivity index (χ1v) is 6.72. The molecule has 0 radical (unpaired) electrons. The Labute approximate surface area is 128 Å². The SMILES string of the molecule is COC(=O)[C@H](Cc1ccccc1)NC(=O)C[C@H](N)C(=O)OC. The van der Waals surface area contributed by atoms with Crippen molar-refractivity contribution in [1.29, 1.82) is 0 Å². The summed E-state index contributed by atoms with van der Waals surface area (Å²) in [5.41, 5.74) is 6.38. The van der Waals surface area contributed by atoms with Crippen LogP contribution >= 0.6 is 0 Å². The molecule has 1 amide bonds. The van der Waals surface area contributed by atoms with Crippen LogP contribution in [0.5, 0.6) is 0 Å². The lowest BCUT2D eigenvalue weighted by molar-refractivity contribution is -0.145. The molecule has 1 aromatic rings. The summed E-state index contributed by atoms with van der Waals surface area (Å²) in [6.45, 7) is 0. The van der Waals surface area contributed by atoms with E-state index in [-0.39, 0.29) is 12.8 Å². The summed E-state index contributed by atoms with van der Waals surface area (Å²) < 4.78 is 9.13. The summed E-state index contributed by atoms with van der Waals surface area (Å²) in [7, 11) is 2.43. The Morgan fingerprint density at radius 2 is 1.68 bits per heavy atom. The van der Waals surface area contributed by atoms with Gasteiger partial charge in [-0.3, -0.25) is 9.59 Å². The van der Waals surface area contributed by atoms with Crippen molar-refractivity contribution >= 4 is 17.8 Å². The van der Waals surface area contributed by atoms with Crippen LogP contribution in [0.15, 0.2) is 30.3 Å². The average molecular weight is 308 g/mol. The number of rotatable bonds is 7. The van der Waals surface area contributed by atoms with Gasteiger partial charge in [-0.15, -0.1) is 0 Å². The lowest BCUT2D eigenvalue weighted by Gasteiger charge is -2.17. The van der Waals surface area contributed by atoms with Gasteiger partial charge in [-0.1, -0.05) is 30.3 Å². The monoisotopic (exact) mass is 308 g/mol. The Hall–Kier alpha value is -2.41. The summed E-state index contributed by atoms with van der Waals surface area (Å²) in [6, 6.07) is 7.27. The summed E-state index contributed by atoms with van der Waals surface area (Å²) in [6.07, 6.45) is 0.0155. The predicted octanol–water partition coefficient (Wildman–Crippen LogP) is -0.223. The molecule has 1 aromatic carbocycles. The summed E-state index contributed by atoms with van der Waals surface area (Å²) >= 11 is 0. The van der Waals surface area contributed by atoms with Gasteiger partial charge in [0.05, 0.1) is 20.6 Å². The van der Waals surface area contributed by atoms with Gasteiger partial charge in [-0.2, -0.15) is 0 Å². The summed E-state index contributed by atoms with van der Waals surface area (Å²) in [5.74, 6) is -1.78. The Morgan fingerprint density at radius 1 is 1.09 bits per heavy atom. The van der Waals surface area contributed by atoms with Crippen molar-refractivity contribution in [2.75, 3.05) is 14.2 Å². The molecule has 22 heavy (non-hydrogen) atoms. The largest absolute Gasteiger partial charge is 0.468 e. The van der Waals surface area contributed by atoms with E-state index in [1.54, 1.807) is 0 Å². The van der Waals surface area contributed by atoms with E-state index in [1.807, 2.05) is 30.3 Å². The molecule has 3 N–H and O–H groups in total. The lowest BCUT2D eigenvalue weighted by Crippen LogP contribution is -2.46. The number of carbonyl (C=O) groups excluding carboxylic acids is 3. The lowest BCUT2D eigenvalue weighted by atomic mass is 10.1. The second-order valence-electron chi connectivity index (χ2n) is 4.67. The van der Waals surface area contributed by atoms with E-state index in [4.69, 9.17) is 5.73 Å². The van der Waals surface area contributed by atoms with Gasteiger partial charge < -0.3 is 20.5 Å². The Kier molecular flexibility index (Phi) is 7.04. The molecule has 0 aromatic heterocycles. The minimum Gasteiger partial charge on any atom is -0.468 e. The second-order valence-corrected chi connectivity index (χ2v) is 4.67. The highest BCUT2D eigenvalue weighted by atomic mass is 16.5. The van der Waals surface area contributed by atoms with Gasteiger partial charge in [-0.05, 0) is 5.56 Å². The van der Waals surface area contributed by atoms with Crippen molar-refractivity contribution in [3.8, 4) is 0 Å². The maximum Gasteiger partial charge on any atom is 0.328 e. The van der Waals surface area contributed by atoms with Gasteiger partial charge in [-0.25, -0.2) is 4.79 Å². The van der Waals surface area contributed by atoms with E-state index in [0.717, 1.165) is 5.56 Å². The molecule has 120 valence electrons. The van der Waals surface area contributed by atoms with Gasteiger partial charge in [0.15, 0.2) is 0 Å². The van der Waals surface area contributed by atoms with E-state index in [2.05, 4.69) is 14.8 Å². The van der Waals surface area contributed by atoms with Crippen LogP contribution in [-0.4, -0.2) is 44.1 Å². The Bertz CT molecular complexity index is 518. The molecule has 0 unspecified atom stereocenters. The minimum atomic E-state index is -1.07. The molecular formula is C15H20N2O5. The fourth-order valence-electron chi connectivity index (χ4n) is 1.87. The molecule has 1 rings (SSSR count). The zero-order valence-electron chi connectivity index (χ0n) is 12.6. The minimum absolute atomic E-state index is 0.269. The molecule has 0 aliphatic carbocycles. The standard InChI is InChI=1S/C15H20N2O5/c1-21-14(19)11(16)9-13(18)17-12(15(20)22-2)8-10-6-4-3-5-7-10/h3-7,11-12H,8-9,16H2,1-2H3,(H,17,18)/t11-,12-/m0/s1. The molecule has 0 saturated carbocycles. The van der Waals surface area contributed by atoms with Gasteiger partial charge >= 0.3 is 11.9 Å². The van der Waals surface area contributed by atoms with Crippen LogP contribution < -0.4 is 11.1 Å². The number of esters is 2. The third kappa shape index (κ3) is 5.53. The number of benzene rings is 1. The molecule has 0 fully saturated rings. The zero-order chi connectivity index (χ0) is 16.5. The van der Waals surface area contributed by atoms with Crippen molar-refractivity contribution in [2.45, 2.75) is 24.9 Å². The first-order valence-electron chi connectivity index (χ1n) is 6.72. The average Bonchev–Trinajstić information content (AvgIpc) is 2.53. The highest BCUT2D eigenvalue weighted by Crippen LogP contribution is 2.05. The number of hydrogen-bond donors (Lipinski definition) is 2.